The highest BCUT2D eigenvalue weighted by molar-refractivity contribution is 5.84. The minimum Gasteiger partial charge on any atom is -0.390 e. The van der Waals surface area contributed by atoms with Gasteiger partial charge in [-0.05, 0) is 6.92 Å². The number of nitrogens with one attached hydrogen (secondary N) is 1. The monoisotopic (exact) mass is 144 g/mol. The van der Waals surface area contributed by atoms with E-state index in [4.69, 9.17) is 5.11 Å². The van der Waals surface area contributed by atoms with E-state index in [-0.39, 0.29) is 12.5 Å². The van der Waals surface area contributed by atoms with Crippen molar-refractivity contribution in [3.05, 3.63) is 12.2 Å². The third kappa shape index (κ3) is 2.75. The molecular formula is C7H14NO2+. The Morgan fingerprint density at radius 3 is 2.50 bits per heavy atom. The van der Waals surface area contributed by atoms with Crippen LogP contribution in [0, 0.1) is 0 Å². The molecule has 0 radical (unpaired) electrons. The summed E-state index contributed by atoms with van der Waals surface area (Å²) < 4.78 is 0. The Bertz CT molecular complexity index is 143. The lowest BCUT2D eigenvalue weighted by molar-refractivity contribution is -0.796. The molecule has 1 unspecified atom stereocenters. The average molecular weight is 144 g/mol. The van der Waals surface area contributed by atoms with E-state index in [0.717, 1.165) is 0 Å². The van der Waals surface area contributed by atoms with Gasteiger partial charge in [-0.15, -0.1) is 0 Å². The van der Waals surface area contributed by atoms with Gasteiger partial charge in [0.2, 0.25) is 0 Å². The number of carbonyl (C=O) groups is 1. The number of quaternary nitrogens is 1. The Labute approximate surface area is 61.0 Å². The number of carbonyl (C=O) groups excluding carboxylic acids is 1. The lowest BCUT2D eigenvalue weighted by Gasteiger charge is -2.08. The number of amides is 1. The van der Waals surface area contributed by atoms with E-state index in [2.05, 4.69) is 6.58 Å². The topological polar surface area (TPSA) is 41.7 Å². The van der Waals surface area contributed by atoms with Crippen molar-refractivity contribution in [3.63, 3.8) is 0 Å². The average Bonchev–Trinajstić information content (AvgIpc) is 1.87. The Hall–Kier alpha value is -0.670. The normalized spacial score (nSPS) is 12.7. The quantitative estimate of drug-likeness (QED) is 0.478. The zero-order valence-corrected chi connectivity index (χ0v) is 6.48. The second-order valence-corrected chi connectivity index (χ2v) is 2.36. The maximum Gasteiger partial charge on any atom is 0.339 e. The molecule has 0 heterocycles. The van der Waals surface area contributed by atoms with E-state index in [0.29, 0.717) is 17.0 Å². The number of aliphatic hydroxyl groups is 1. The van der Waals surface area contributed by atoms with E-state index < -0.39 is 0 Å². The molecule has 0 aliphatic rings. The predicted molar refractivity (Wildman–Crippen MR) is 38.7 cm³/mol. The first-order chi connectivity index (χ1) is 4.59. The third-order valence-corrected chi connectivity index (χ3v) is 1.26. The van der Waals surface area contributed by atoms with Crippen LogP contribution in [0.5, 0.6) is 0 Å². The Balaban J connectivity index is 3.82. The van der Waals surface area contributed by atoms with Crippen LogP contribution in [0.15, 0.2) is 12.2 Å². The van der Waals surface area contributed by atoms with Crippen molar-refractivity contribution in [1.29, 1.82) is 0 Å². The number of aliphatic hydroxyl groups excluding tert-OH is 1. The van der Waals surface area contributed by atoms with Crippen molar-refractivity contribution in [2.45, 2.75) is 6.92 Å². The molecule has 0 aromatic rings. The largest absolute Gasteiger partial charge is 0.390 e. The fraction of sp³-hybridized carbons (Fsp3) is 0.571. The van der Waals surface area contributed by atoms with Crippen LogP contribution in [-0.4, -0.2) is 31.2 Å². The van der Waals surface area contributed by atoms with Gasteiger partial charge in [-0.2, -0.15) is 0 Å². The second-order valence-electron chi connectivity index (χ2n) is 2.36. The molecule has 0 saturated carbocycles. The van der Waals surface area contributed by atoms with Gasteiger partial charge in [-0.3, -0.25) is 4.90 Å². The van der Waals surface area contributed by atoms with Gasteiger partial charge in [0.05, 0.1) is 13.7 Å². The number of hydrogen-bond donors (Lipinski definition) is 2. The minimum absolute atomic E-state index is 0.0326. The second kappa shape index (κ2) is 4.19. The van der Waals surface area contributed by atoms with E-state index in [9.17, 15) is 4.79 Å². The van der Waals surface area contributed by atoms with Crippen LogP contribution in [0.4, 0.5) is 0 Å². The standard InChI is InChI=1S/C7H13NO2/c1-6(2)7(10)8(3)4-5-9/h9H,1,4-5H2,2-3H3/p+1. The Kier molecular flexibility index (Phi) is 3.91. The molecule has 1 amide bonds. The molecular weight excluding hydrogens is 130 g/mol. The highest BCUT2D eigenvalue weighted by atomic mass is 16.3. The van der Waals surface area contributed by atoms with Crippen molar-refractivity contribution in [1.82, 2.24) is 0 Å². The molecule has 0 fully saturated rings. The van der Waals surface area contributed by atoms with Crippen LogP contribution in [0.2, 0.25) is 0 Å². The number of hydrogen-bond acceptors (Lipinski definition) is 2. The van der Waals surface area contributed by atoms with E-state index >= 15 is 0 Å². The molecule has 0 bridgehead atoms. The molecule has 0 aliphatic carbocycles. The summed E-state index contributed by atoms with van der Waals surface area (Å²) in [5.74, 6) is -0.0333. The zero-order valence-electron chi connectivity index (χ0n) is 6.48. The highest BCUT2D eigenvalue weighted by Gasteiger charge is 2.12. The van der Waals surface area contributed by atoms with Gasteiger partial charge in [0.15, 0.2) is 0 Å². The summed E-state index contributed by atoms with van der Waals surface area (Å²) in [6, 6.07) is 0. The van der Waals surface area contributed by atoms with Crippen molar-refractivity contribution >= 4 is 5.91 Å². The maximum absolute atomic E-state index is 11.0. The third-order valence-electron chi connectivity index (χ3n) is 1.26. The highest BCUT2D eigenvalue weighted by Crippen LogP contribution is 1.79. The molecule has 0 aliphatic heterocycles. The van der Waals surface area contributed by atoms with Gasteiger partial charge >= 0.3 is 5.91 Å². The fourth-order valence-electron chi connectivity index (χ4n) is 0.646. The minimum atomic E-state index is -0.0333. The summed E-state index contributed by atoms with van der Waals surface area (Å²) >= 11 is 0. The first kappa shape index (κ1) is 9.33. The summed E-state index contributed by atoms with van der Waals surface area (Å²) in [7, 11) is 1.72. The van der Waals surface area contributed by atoms with Gasteiger partial charge in [-0.1, -0.05) is 6.58 Å². The first-order valence-corrected chi connectivity index (χ1v) is 3.23. The molecule has 2 N–H and O–H groups in total. The van der Waals surface area contributed by atoms with E-state index in [1.54, 1.807) is 14.0 Å². The van der Waals surface area contributed by atoms with Crippen LogP contribution in [0.25, 0.3) is 0 Å². The molecule has 0 aromatic carbocycles. The van der Waals surface area contributed by atoms with Gasteiger partial charge in [0.25, 0.3) is 0 Å². The summed E-state index contributed by atoms with van der Waals surface area (Å²) in [6.07, 6.45) is 0. The molecule has 1 atom stereocenters. The van der Waals surface area contributed by atoms with Crippen LogP contribution in [0.1, 0.15) is 6.92 Å². The number of likely N-dealkylation sites (N-methyl/N-ethyl adjacent to an activating group) is 1. The maximum atomic E-state index is 11.0. The summed E-state index contributed by atoms with van der Waals surface area (Å²) in [4.78, 5) is 11.7. The molecule has 0 spiro atoms. The summed E-state index contributed by atoms with van der Waals surface area (Å²) in [6.45, 7) is 5.66. The molecule has 58 valence electrons. The Morgan fingerprint density at radius 2 is 2.20 bits per heavy atom. The molecule has 0 saturated heterocycles. The molecule has 3 heteroatoms. The van der Waals surface area contributed by atoms with E-state index in [1.807, 2.05) is 0 Å². The Morgan fingerprint density at radius 1 is 1.70 bits per heavy atom. The van der Waals surface area contributed by atoms with Crippen LogP contribution in [-0.2, 0) is 4.79 Å². The first-order valence-electron chi connectivity index (χ1n) is 3.23. The lowest BCUT2D eigenvalue weighted by atomic mass is 10.3. The van der Waals surface area contributed by atoms with Crippen LogP contribution >= 0.6 is 0 Å². The van der Waals surface area contributed by atoms with Gasteiger partial charge in [0.1, 0.15) is 6.54 Å². The van der Waals surface area contributed by atoms with Gasteiger partial charge in [-0.25, -0.2) is 4.79 Å². The van der Waals surface area contributed by atoms with Crippen molar-refractivity contribution in [2.75, 3.05) is 20.2 Å². The van der Waals surface area contributed by atoms with Gasteiger partial charge in [0, 0.05) is 5.57 Å². The van der Waals surface area contributed by atoms with Crippen molar-refractivity contribution in [2.24, 2.45) is 0 Å². The molecule has 3 nitrogen and oxygen atoms in total. The van der Waals surface area contributed by atoms with Gasteiger partial charge < -0.3 is 5.11 Å². The predicted octanol–water partition coefficient (Wildman–Crippen LogP) is -1.40. The summed E-state index contributed by atoms with van der Waals surface area (Å²) in [5.41, 5.74) is 0.533. The van der Waals surface area contributed by atoms with E-state index in [1.165, 1.54) is 0 Å². The lowest BCUT2D eigenvalue weighted by Crippen LogP contribution is -3.12. The number of rotatable bonds is 3. The fourth-order valence-corrected chi connectivity index (χ4v) is 0.646. The SMILES string of the molecule is C=C(C)C(=O)[NH+](C)CCO. The van der Waals surface area contributed by atoms with Crippen molar-refractivity contribution < 1.29 is 14.8 Å². The smallest absolute Gasteiger partial charge is 0.339 e. The van der Waals surface area contributed by atoms with Crippen LogP contribution < -0.4 is 4.90 Å². The molecule has 0 aromatic heterocycles. The summed E-state index contributed by atoms with van der Waals surface area (Å²) in [5, 5.41) is 8.46. The zero-order chi connectivity index (χ0) is 8.15. The molecule has 0 rings (SSSR count). The van der Waals surface area contributed by atoms with Crippen molar-refractivity contribution in [3.8, 4) is 0 Å². The molecule has 10 heavy (non-hydrogen) atoms. The van der Waals surface area contributed by atoms with Crippen LogP contribution in [0.3, 0.4) is 0 Å².